The van der Waals surface area contributed by atoms with Crippen molar-refractivity contribution in [2.75, 3.05) is 45.8 Å². The third-order valence-corrected chi connectivity index (χ3v) is 5.86. The molecule has 1 N–H and O–H groups in total. The van der Waals surface area contributed by atoms with Crippen LogP contribution in [0.25, 0.3) is 0 Å². The summed E-state index contributed by atoms with van der Waals surface area (Å²) in [6.07, 6.45) is 0.824. The number of benzene rings is 2. The molecule has 0 spiro atoms. The predicted octanol–water partition coefficient (Wildman–Crippen LogP) is 4.91. The fraction of sp³-hybridized carbons (Fsp3) is 0.464. The van der Waals surface area contributed by atoms with Gasteiger partial charge in [-0.05, 0) is 50.4 Å². The van der Waals surface area contributed by atoms with E-state index < -0.39 is 5.60 Å². The van der Waals surface area contributed by atoms with Crippen LogP contribution in [0, 0.1) is 0 Å². The van der Waals surface area contributed by atoms with Crippen LogP contribution in [0.5, 0.6) is 0 Å². The molecule has 1 amide bonds. The van der Waals surface area contributed by atoms with E-state index in [-0.39, 0.29) is 6.09 Å². The number of nitrogens with one attached hydrogen (secondary N) is 1. The van der Waals surface area contributed by atoms with Crippen molar-refractivity contribution in [2.45, 2.75) is 38.7 Å². The fourth-order valence-corrected chi connectivity index (χ4v) is 4.20. The summed E-state index contributed by atoms with van der Waals surface area (Å²) in [5, 5.41) is 3.59. The molecule has 0 atom stereocenters. The van der Waals surface area contributed by atoms with Crippen molar-refractivity contribution in [1.82, 2.24) is 15.1 Å². The van der Waals surface area contributed by atoms with E-state index in [0.29, 0.717) is 19.0 Å². The lowest BCUT2D eigenvalue weighted by atomic mass is 9.88. The van der Waals surface area contributed by atoms with Crippen LogP contribution in [0.4, 0.5) is 4.79 Å². The van der Waals surface area contributed by atoms with Crippen molar-refractivity contribution < 1.29 is 9.53 Å². The highest BCUT2D eigenvalue weighted by molar-refractivity contribution is 5.68. The van der Waals surface area contributed by atoms with Crippen LogP contribution in [0.15, 0.2) is 72.8 Å². The fourth-order valence-electron chi connectivity index (χ4n) is 4.20. The number of hydrogen-bond acceptors (Lipinski definition) is 4. The molecular formula is C28H39N3O2. The number of amides is 1. The van der Waals surface area contributed by atoms with Crippen LogP contribution in [-0.2, 0) is 4.74 Å². The molecule has 5 nitrogen and oxygen atoms in total. The van der Waals surface area contributed by atoms with Crippen LogP contribution in [0.3, 0.4) is 0 Å². The SMILES string of the molecule is C=C(CNCCC(c1ccccc1)c1ccccc1)CN1CCN(C(=O)OC(C)(C)C)CC1. The van der Waals surface area contributed by atoms with Crippen LogP contribution >= 0.6 is 0 Å². The summed E-state index contributed by atoms with van der Waals surface area (Å²) in [4.78, 5) is 16.4. The van der Waals surface area contributed by atoms with Crippen LogP contribution < -0.4 is 5.32 Å². The monoisotopic (exact) mass is 449 g/mol. The molecule has 0 unspecified atom stereocenters. The molecule has 0 bridgehead atoms. The van der Waals surface area contributed by atoms with E-state index in [1.807, 2.05) is 20.8 Å². The van der Waals surface area contributed by atoms with Crippen molar-refractivity contribution in [3.63, 3.8) is 0 Å². The maximum absolute atomic E-state index is 12.2. The lowest BCUT2D eigenvalue weighted by molar-refractivity contribution is 0.0152. The van der Waals surface area contributed by atoms with Crippen LogP contribution in [0.1, 0.15) is 44.2 Å². The third-order valence-electron chi connectivity index (χ3n) is 5.86. The molecule has 33 heavy (non-hydrogen) atoms. The number of carbonyl (C=O) groups excluding carboxylic acids is 1. The van der Waals surface area contributed by atoms with Gasteiger partial charge in [0.2, 0.25) is 0 Å². The van der Waals surface area contributed by atoms with Gasteiger partial charge >= 0.3 is 6.09 Å². The summed E-state index contributed by atoms with van der Waals surface area (Å²) in [6.45, 7) is 15.7. The molecule has 5 heteroatoms. The van der Waals surface area contributed by atoms with Gasteiger partial charge in [0.1, 0.15) is 5.60 Å². The molecule has 1 heterocycles. The second-order valence-electron chi connectivity index (χ2n) is 9.83. The summed E-state index contributed by atoms with van der Waals surface area (Å²) in [6, 6.07) is 21.5. The third kappa shape index (κ3) is 8.34. The van der Waals surface area contributed by atoms with Gasteiger partial charge < -0.3 is 15.0 Å². The van der Waals surface area contributed by atoms with Crippen molar-refractivity contribution in [3.05, 3.63) is 83.9 Å². The molecule has 1 aliphatic heterocycles. The molecule has 2 aromatic rings. The molecule has 1 fully saturated rings. The number of ether oxygens (including phenoxy) is 1. The van der Waals surface area contributed by atoms with Gasteiger partial charge in [-0.2, -0.15) is 0 Å². The first-order valence-corrected chi connectivity index (χ1v) is 12.0. The average Bonchev–Trinajstić information content (AvgIpc) is 2.79. The number of carbonyl (C=O) groups is 1. The molecule has 0 radical (unpaired) electrons. The highest BCUT2D eigenvalue weighted by atomic mass is 16.6. The molecule has 1 saturated heterocycles. The Bertz CT molecular complexity index is 830. The predicted molar refractivity (Wildman–Crippen MR) is 136 cm³/mol. The molecular weight excluding hydrogens is 410 g/mol. The Kier molecular flexibility index (Phi) is 9.10. The number of hydrogen-bond donors (Lipinski definition) is 1. The Morgan fingerprint density at radius 3 is 2.03 bits per heavy atom. The standard InChI is InChI=1S/C28H39N3O2/c1-23(22-30-17-19-31(20-18-30)27(32)33-28(2,3)4)21-29-16-15-26(24-11-7-5-8-12-24)25-13-9-6-10-14-25/h5-14,26,29H,1,15-22H2,2-4H3. The molecule has 0 saturated carbocycles. The van der Waals surface area contributed by atoms with Crippen LogP contribution in [0.2, 0.25) is 0 Å². The minimum Gasteiger partial charge on any atom is -0.444 e. The van der Waals surface area contributed by atoms with Gasteiger partial charge in [-0.3, -0.25) is 4.90 Å². The molecule has 3 rings (SSSR count). The van der Waals surface area contributed by atoms with Gasteiger partial charge in [0.15, 0.2) is 0 Å². The van der Waals surface area contributed by atoms with Gasteiger partial charge in [0, 0.05) is 45.2 Å². The topological polar surface area (TPSA) is 44.8 Å². The highest BCUT2D eigenvalue weighted by Gasteiger charge is 2.25. The zero-order valence-electron chi connectivity index (χ0n) is 20.4. The van der Waals surface area contributed by atoms with Crippen molar-refractivity contribution >= 4 is 6.09 Å². The van der Waals surface area contributed by atoms with Crippen molar-refractivity contribution in [2.24, 2.45) is 0 Å². The smallest absolute Gasteiger partial charge is 0.410 e. The van der Waals surface area contributed by atoms with E-state index in [2.05, 4.69) is 77.5 Å². The summed E-state index contributed by atoms with van der Waals surface area (Å²) >= 11 is 0. The largest absolute Gasteiger partial charge is 0.444 e. The van der Waals surface area contributed by atoms with Gasteiger partial charge in [0.25, 0.3) is 0 Å². The summed E-state index contributed by atoms with van der Waals surface area (Å²) in [7, 11) is 0. The molecule has 2 aromatic carbocycles. The minimum absolute atomic E-state index is 0.214. The van der Waals surface area contributed by atoms with E-state index in [1.54, 1.807) is 4.90 Å². The zero-order valence-corrected chi connectivity index (χ0v) is 20.4. The van der Waals surface area contributed by atoms with E-state index in [4.69, 9.17) is 4.74 Å². The first-order valence-electron chi connectivity index (χ1n) is 12.0. The van der Waals surface area contributed by atoms with Gasteiger partial charge in [-0.1, -0.05) is 67.2 Å². The minimum atomic E-state index is -0.450. The molecule has 178 valence electrons. The normalized spacial score (nSPS) is 15.0. The maximum Gasteiger partial charge on any atom is 0.410 e. The first kappa shape index (κ1) is 25.0. The van der Waals surface area contributed by atoms with Crippen LogP contribution in [-0.4, -0.2) is 67.3 Å². The van der Waals surface area contributed by atoms with Crippen molar-refractivity contribution in [1.29, 1.82) is 0 Å². The van der Waals surface area contributed by atoms with Gasteiger partial charge in [-0.25, -0.2) is 4.79 Å². The van der Waals surface area contributed by atoms with E-state index in [1.165, 1.54) is 16.7 Å². The quantitative estimate of drug-likeness (QED) is 0.437. The number of rotatable bonds is 9. The Hall–Kier alpha value is -2.63. The average molecular weight is 450 g/mol. The second kappa shape index (κ2) is 12.0. The maximum atomic E-state index is 12.2. The van der Waals surface area contributed by atoms with E-state index in [9.17, 15) is 4.79 Å². The lowest BCUT2D eigenvalue weighted by Gasteiger charge is -2.35. The van der Waals surface area contributed by atoms with E-state index in [0.717, 1.165) is 39.1 Å². The summed E-state index contributed by atoms with van der Waals surface area (Å²) < 4.78 is 5.48. The first-order chi connectivity index (χ1) is 15.8. The molecule has 0 aliphatic carbocycles. The Balaban J connectivity index is 1.39. The highest BCUT2D eigenvalue weighted by Crippen LogP contribution is 2.27. The van der Waals surface area contributed by atoms with Crippen molar-refractivity contribution in [3.8, 4) is 0 Å². The Labute approximate surface area is 199 Å². The Morgan fingerprint density at radius 1 is 0.970 bits per heavy atom. The number of nitrogens with zero attached hydrogens (tertiary/aromatic N) is 2. The van der Waals surface area contributed by atoms with E-state index >= 15 is 0 Å². The lowest BCUT2D eigenvalue weighted by Crippen LogP contribution is -2.50. The second-order valence-corrected chi connectivity index (χ2v) is 9.83. The molecule has 0 aromatic heterocycles. The zero-order chi connectivity index (χ0) is 23.7. The molecule has 1 aliphatic rings. The summed E-state index contributed by atoms with van der Waals surface area (Å²) in [5.41, 5.74) is 3.44. The van der Waals surface area contributed by atoms with Gasteiger partial charge in [-0.15, -0.1) is 0 Å². The van der Waals surface area contributed by atoms with Gasteiger partial charge in [0.05, 0.1) is 0 Å². The Morgan fingerprint density at radius 2 is 1.52 bits per heavy atom. The summed E-state index contributed by atoms with van der Waals surface area (Å²) in [5.74, 6) is 0.383. The number of piperazine rings is 1.